The fraction of sp³-hybridized carbons (Fsp3) is 0. The third-order valence-electron chi connectivity index (χ3n) is 1.11. The van der Waals surface area contributed by atoms with Gasteiger partial charge in [-0.05, 0) is 0 Å². The number of hydrogen-bond acceptors (Lipinski definition) is 0. The normalized spacial score (nSPS) is 6.15. The molecular formula is C10H14N2Zr. The minimum absolute atomic E-state index is 0. The minimum Gasteiger partial charge on any atom is -0.693 e. The molecule has 0 fully saturated rings. The van der Waals surface area contributed by atoms with E-state index in [1.807, 2.05) is 60.7 Å². The molecule has 0 heterocycles. The first kappa shape index (κ1) is 18.3. The van der Waals surface area contributed by atoms with Gasteiger partial charge in [-0.25, -0.2) is 24.3 Å². The molecule has 68 valence electrons. The monoisotopic (exact) mass is 252 g/mol. The second-order valence-electron chi connectivity index (χ2n) is 1.92. The van der Waals surface area contributed by atoms with Crippen LogP contribution >= 0.6 is 0 Å². The molecule has 2 aromatic rings. The predicted molar refractivity (Wildman–Crippen MR) is 54.6 cm³/mol. The van der Waals surface area contributed by atoms with Crippen LogP contribution in [0.2, 0.25) is 0 Å². The smallest absolute Gasteiger partial charge is 0.693 e. The second-order valence-corrected chi connectivity index (χ2v) is 1.92. The zero-order chi connectivity index (χ0) is 7.07. The molecule has 2 rings (SSSR count). The Hall–Kier alpha value is -0.497. The van der Waals surface area contributed by atoms with E-state index in [2.05, 4.69) is 0 Å². The molecule has 0 spiro atoms. The van der Waals surface area contributed by atoms with E-state index < -0.39 is 0 Å². The van der Waals surface area contributed by atoms with Crippen molar-refractivity contribution >= 4 is 0 Å². The molecular weight excluding hydrogens is 239 g/mol. The summed E-state index contributed by atoms with van der Waals surface area (Å²) in [7, 11) is 0. The zero-order valence-corrected chi connectivity index (χ0v) is 9.89. The molecule has 0 aliphatic heterocycles. The van der Waals surface area contributed by atoms with Crippen molar-refractivity contribution in [3.63, 3.8) is 0 Å². The van der Waals surface area contributed by atoms with Crippen molar-refractivity contribution < 1.29 is 26.2 Å². The van der Waals surface area contributed by atoms with E-state index in [1.165, 1.54) is 0 Å². The molecule has 4 N–H and O–H groups in total. The summed E-state index contributed by atoms with van der Waals surface area (Å²) in [6, 6.07) is 20.0. The van der Waals surface area contributed by atoms with E-state index in [0.29, 0.717) is 0 Å². The summed E-state index contributed by atoms with van der Waals surface area (Å²) in [5, 5.41) is 0. The molecule has 2 nitrogen and oxygen atoms in total. The van der Waals surface area contributed by atoms with Gasteiger partial charge in [0.15, 0.2) is 0 Å². The van der Waals surface area contributed by atoms with Gasteiger partial charge >= 0.3 is 26.2 Å². The Kier molecular flexibility index (Phi) is 19.8. The first-order valence-electron chi connectivity index (χ1n) is 3.33. The van der Waals surface area contributed by atoms with Gasteiger partial charge in [-0.15, -0.1) is 0 Å². The predicted octanol–water partition coefficient (Wildman–Crippen LogP) is 4.24. The quantitative estimate of drug-likeness (QED) is 0.630. The van der Waals surface area contributed by atoms with E-state index in [0.717, 1.165) is 0 Å². The maximum absolute atomic E-state index is 2.00. The summed E-state index contributed by atoms with van der Waals surface area (Å²) < 4.78 is 0. The van der Waals surface area contributed by atoms with Crippen LogP contribution in [0, 0.1) is 0 Å². The van der Waals surface area contributed by atoms with Gasteiger partial charge in [-0.3, -0.25) is 0 Å². The first-order chi connectivity index (χ1) is 5.00. The van der Waals surface area contributed by atoms with Crippen molar-refractivity contribution in [2.75, 3.05) is 0 Å². The summed E-state index contributed by atoms with van der Waals surface area (Å²) in [5.74, 6) is 0. The van der Waals surface area contributed by atoms with Gasteiger partial charge in [0.2, 0.25) is 0 Å². The minimum atomic E-state index is 0. The van der Waals surface area contributed by atoms with Crippen molar-refractivity contribution in [1.82, 2.24) is 0 Å². The van der Waals surface area contributed by atoms with E-state index in [4.69, 9.17) is 0 Å². The Bertz CT molecular complexity index is 152. The SMILES string of the molecule is [NH2-].[NH2-].[Zr+4].c1cc[cH-]c1.c1cc[cH-]c1. The van der Waals surface area contributed by atoms with Crippen LogP contribution in [0.4, 0.5) is 0 Å². The van der Waals surface area contributed by atoms with Crippen LogP contribution < -0.4 is 0 Å². The second kappa shape index (κ2) is 14.1. The molecule has 0 saturated heterocycles. The summed E-state index contributed by atoms with van der Waals surface area (Å²) >= 11 is 0. The van der Waals surface area contributed by atoms with Gasteiger partial charge in [-0.1, -0.05) is 0 Å². The topological polar surface area (TPSA) is 67.0 Å². The van der Waals surface area contributed by atoms with Crippen LogP contribution in [-0.4, -0.2) is 0 Å². The largest absolute Gasteiger partial charge is 4.00 e. The molecule has 0 saturated carbocycles. The zero-order valence-electron chi connectivity index (χ0n) is 7.43. The Labute approximate surface area is 99.0 Å². The Morgan fingerprint density at radius 1 is 0.538 bits per heavy atom. The molecule has 0 aliphatic carbocycles. The van der Waals surface area contributed by atoms with Crippen LogP contribution in [0.5, 0.6) is 0 Å². The van der Waals surface area contributed by atoms with Gasteiger partial charge in [0.25, 0.3) is 0 Å². The van der Waals surface area contributed by atoms with Crippen molar-refractivity contribution in [3.05, 3.63) is 73.0 Å². The maximum Gasteiger partial charge on any atom is 4.00 e. The molecule has 0 aliphatic rings. The molecule has 13 heavy (non-hydrogen) atoms. The van der Waals surface area contributed by atoms with Crippen LogP contribution in [-0.2, 0) is 26.2 Å². The van der Waals surface area contributed by atoms with Crippen molar-refractivity contribution in [3.8, 4) is 0 Å². The summed E-state index contributed by atoms with van der Waals surface area (Å²) in [6.45, 7) is 0. The maximum atomic E-state index is 2.00. The molecule has 0 radical (unpaired) electrons. The number of hydrogen-bond donors (Lipinski definition) is 0. The van der Waals surface area contributed by atoms with Gasteiger partial charge < -0.3 is 12.3 Å². The number of rotatable bonds is 0. The molecule has 0 bridgehead atoms. The van der Waals surface area contributed by atoms with Crippen molar-refractivity contribution in [1.29, 1.82) is 0 Å². The van der Waals surface area contributed by atoms with Crippen LogP contribution in [0.3, 0.4) is 0 Å². The Morgan fingerprint density at radius 3 is 0.846 bits per heavy atom. The summed E-state index contributed by atoms with van der Waals surface area (Å²) in [5.41, 5.74) is 0. The van der Waals surface area contributed by atoms with Crippen molar-refractivity contribution in [2.24, 2.45) is 0 Å². The molecule has 0 amide bonds. The third-order valence-corrected chi connectivity index (χ3v) is 1.11. The average Bonchev–Trinajstić information content (AvgIpc) is 2.67. The standard InChI is InChI=1S/2C5H5.2H2N.Zr/c2*1-2-4-5-3-1;;;/h2*1-5H;2*1H2;/q4*-1;+4. The fourth-order valence-corrected chi connectivity index (χ4v) is 0.642. The fourth-order valence-electron chi connectivity index (χ4n) is 0.642. The third kappa shape index (κ3) is 11.5. The van der Waals surface area contributed by atoms with Gasteiger partial charge in [0.05, 0.1) is 0 Å². The molecule has 2 aromatic carbocycles. The van der Waals surface area contributed by atoms with Crippen LogP contribution in [0.15, 0.2) is 60.7 Å². The van der Waals surface area contributed by atoms with Gasteiger partial charge in [-0.2, -0.15) is 36.4 Å². The molecule has 0 aromatic heterocycles. The summed E-state index contributed by atoms with van der Waals surface area (Å²) in [6.07, 6.45) is 0. The van der Waals surface area contributed by atoms with E-state index in [1.54, 1.807) is 0 Å². The Morgan fingerprint density at radius 2 is 0.769 bits per heavy atom. The Balaban J connectivity index is -0.000000125. The van der Waals surface area contributed by atoms with Gasteiger partial charge in [0.1, 0.15) is 0 Å². The van der Waals surface area contributed by atoms with E-state index >= 15 is 0 Å². The van der Waals surface area contributed by atoms with Crippen LogP contribution in [0.1, 0.15) is 0 Å². The molecule has 0 unspecified atom stereocenters. The summed E-state index contributed by atoms with van der Waals surface area (Å²) in [4.78, 5) is 0. The number of nitrogens with two attached hydrogens (primary N) is 2. The van der Waals surface area contributed by atoms with E-state index in [-0.39, 0.29) is 38.5 Å². The van der Waals surface area contributed by atoms with Crippen LogP contribution in [0.25, 0.3) is 12.3 Å². The van der Waals surface area contributed by atoms with E-state index in [9.17, 15) is 0 Å². The van der Waals surface area contributed by atoms with Crippen molar-refractivity contribution in [2.45, 2.75) is 0 Å². The van der Waals surface area contributed by atoms with Gasteiger partial charge in [0, 0.05) is 0 Å². The molecule has 3 heteroatoms. The average molecular weight is 253 g/mol. The first-order valence-corrected chi connectivity index (χ1v) is 3.33. The molecule has 0 atom stereocenters.